The molecular formula is C23H21F4NO2. The molecule has 1 heterocycles. The number of hydrogen-bond donors (Lipinski definition) is 0. The maximum absolute atomic E-state index is 13.6. The molecule has 0 amide bonds. The minimum atomic E-state index is -4.74. The smallest absolute Gasteiger partial charge is 0.376 e. The summed E-state index contributed by atoms with van der Waals surface area (Å²) in [6, 6.07) is 13.6. The highest BCUT2D eigenvalue weighted by Crippen LogP contribution is 2.36. The monoisotopic (exact) mass is 419 g/mol. The van der Waals surface area contributed by atoms with Gasteiger partial charge in [-0.1, -0.05) is 30.3 Å². The van der Waals surface area contributed by atoms with E-state index in [2.05, 4.69) is 0 Å². The Morgan fingerprint density at radius 2 is 1.77 bits per heavy atom. The Labute approximate surface area is 171 Å². The summed E-state index contributed by atoms with van der Waals surface area (Å²) >= 11 is 0. The van der Waals surface area contributed by atoms with E-state index in [1.54, 1.807) is 13.0 Å². The number of ether oxygens (including phenoxy) is 1. The fourth-order valence-corrected chi connectivity index (χ4v) is 3.42. The summed E-state index contributed by atoms with van der Waals surface area (Å²) in [5.41, 5.74) is 0.854. The van der Waals surface area contributed by atoms with E-state index in [1.165, 1.54) is 11.5 Å². The van der Waals surface area contributed by atoms with Gasteiger partial charge in [0, 0.05) is 23.4 Å². The molecule has 7 heteroatoms. The lowest BCUT2D eigenvalue weighted by Gasteiger charge is -2.18. The molecule has 0 bridgehead atoms. The predicted molar refractivity (Wildman–Crippen MR) is 105 cm³/mol. The molecule has 0 fully saturated rings. The first kappa shape index (κ1) is 21.8. The van der Waals surface area contributed by atoms with Gasteiger partial charge in [-0.15, -0.1) is 0 Å². The average Bonchev–Trinajstić information content (AvgIpc) is 3.02. The number of aromatic nitrogens is 1. The first-order valence-electron chi connectivity index (χ1n) is 9.39. The van der Waals surface area contributed by atoms with Crippen LogP contribution in [0.5, 0.6) is 0 Å². The van der Waals surface area contributed by atoms with Crippen molar-refractivity contribution < 1.29 is 27.1 Å². The molecule has 3 nitrogen and oxygen atoms in total. The van der Waals surface area contributed by atoms with E-state index in [1.807, 2.05) is 30.3 Å². The number of Topliss-reactive ketones (excluding diaryl/α,β-unsaturated/α-hetero) is 1. The van der Waals surface area contributed by atoms with Crippen LogP contribution in [-0.4, -0.2) is 17.0 Å². The molecule has 0 aliphatic heterocycles. The van der Waals surface area contributed by atoms with Gasteiger partial charge in [-0.3, -0.25) is 4.79 Å². The maximum atomic E-state index is 13.6. The van der Waals surface area contributed by atoms with Gasteiger partial charge >= 0.3 is 6.18 Å². The van der Waals surface area contributed by atoms with Crippen molar-refractivity contribution in [3.8, 4) is 5.69 Å². The number of hydrogen-bond acceptors (Lipinski definition) is 2. The summed E-state index contributed by atoms with van der Waals surface area (Å²) in [5, 5.41) is 0. The van der Waals surface area contributed by atoms with Crippen LogP contribution in [0.3, 0.4) is 0 Å². The third-order valence-corrected chi connectivity index (χ3v) is 4.82. The van der Waals surface area contributed by atoms with Crippen LogP contribution in [-0.2, 0) is 23.9 Å². The minimum absolute atomic E-state index is 0.216. The molecular weight excluding hydrogens is 398 g/mol. The fraction of sp³-hybridized carbons (Fsp3) is 0.261. The number of carbonyl (C=O) groups is 1. The van der Waals surface area contributed by atoms with Crippen molar-refractivity contribution in [3.63, 3.8) is 0 Å². The second-order valence-electron chi connectivity index (χ2n) is 6.97. The second kappa shape index (κ2) is 8.83. The van der Waals surface area contributed by atoms with Gasteiger partial charge in [0.05, 0.1) is 24.5 Å². The van der Waals surface area contributed by atoms with Crippen molar-refractivity contribution >= 4 is 5.78 Å². The van der Waals surface area contributed by atoms with Gasteiger partial charge in [-0.2, -0.15) is 13.2 Å². The van der Waals surface area contributed by atoms with Crippen molar-refractivity contribution in [2.24, 2.45) is 0 Å². The molecule has 2 aromatic carbocycles. The Morgan fingerprint density at radius 1 is 1.07 bits per heavy atom. The summed E-state index contributed by atoms with van der Waals surface area (Å²) in [5.74, 6) is -1.23. The van der Waals surface area contributed by atoms with Crippen molar-refractivity contribution in [2.45, 2.75) is 33.1 Å². The second-order valence-corrected chi connectivity index (χ2v) is 6.97. The number of nitrogens with zero attached hydrogens (tertiary/aromatic N) is 1. The molecule has 30 heavy (non-hydrogen) atoms. The summed E-state index contributed by atoms with van der Waals surface area (Å²) in [6.07, 6.45) is -4.46. The lowest BCUT2D eigenvalue weighted by atomic mass is 10.1. The lowest BCUT2D eigenvalue weighted by Crippen LogP contribution is -2.14. The van der Waals surface area contributed by atoms with Crippen LogP contribution in [0.15, 0.2) is 54.6 Å². The van der Waals surface area contributed by atoms with E-state index in [0.717, 1.165) is 17.7 Å². The zero-order valence-electron chi connectivity index (χ0n) is 16.6. The number of halogens is 4. The van der Waals surface area contributed by atoms with Crippen molar-refractivity contribution in [1.29, 1.82) is 0 Å². The first-order chi connectivity index (χ1) is 14.2. The van der Waals surface area contributed by atoms with Crippen molar-refractivity contribution in [1.82, 2.24) is 4.57 Å². The third-order valence-electron chi connectivity index (χ3n) is 4.82. The number of benzene rings is 2. The van der Waals surface area contributed by atoms with E-state index < -0.39 is 17.6 Å². The van der Waals surface area contributed by atoms with Crippen LogP contribution in [0, 0.1) is 12.7 Å². The summed E-state index contributed by atoms with van der Waals surface area (Å²) in [6.45, 7) is 3.55. The van der Waals surface area contributed by atoms with E-state index in [4.69, 9.17) is 4.74 Å². The molecule has 0 spiro atoms. The highest BCUT2D eigenvalue weighted by Gasteiger charge is 2.35. The van der Waals surface area contributed by atoms with E-state index in [0.29, 0.717) is 29.6 Å². The van der Waals surface area contributed by atoms with Gasteiger partial charge in [0.2, 0.25) is 0 Å². The van der Waals surface area contributed by atoms with E-state index >= 15 is 0 Å². The molecule has 0 saturated carbocycles. The molecule has 1 aromatic heterocycles. The van der Waals surface area contributed by atoms with Crippen LogP contribution in [0.2, 0.25) is 0 Å². The van der Waals surface area contributed by atoms with E-state index in [-0.39, 0.29) is 24.5 Å². The normalized spacial score (nSPS) is 11.7. The molecule has 0 N–H and O–H groups in total. The predicted octanol–water partition coefficient (Wildman–Crippen LogP) is 5.91. The van der Waals surface area contributed by atoms with Gasteiger partial charge in [-0.05, 0) is 43.7 Å². The molecule has 3 rings (SSSR count). The summed E-state index contributed by atoms with van der Waals surface area (Å²) < 4.78 is 61.3. The third kappa shape index (κ3) is 4.79. The van der Waals surface area contributed by atoms with Crippen molar-refractivity contribution in [3.05, 3.63) is 88.5 Å². The molecule has 158 valence electrons. The zero-order valence-corrected chi connectivity index (χ0v) is 16.6. The first-order valence-corrected chi connectivity index (χ1v) is 9.39. The van der Waals surface area contributed by atoms with Crippen LogP contribution >= 0.6 is 0 Å². The Balaban J connectivity index is 1.94. The zero-order chi connectivity index (χ0) is 21.9. The Hall–Kier alpha value is -2.93. The number of rotatable bonds is 7. The summed E-state index contributed by atoms with van der Waals surface area (Å²) in [4.78, 5) is 12.0. The van der Waals surface area contributed by atoms with Gasteiger partial charge in [0.25, 0.3) is 0 Å². The van der Waals surface area contributed by atoms with Crippen molar-refractivity contribution in [2.75, 3.05) is 6.61 Å². The molecule has 0 aliphatic carbocycles. The standard InChI is InChI=1S/C23H21F4NO2/c1-15-20(16(2)29)13-19(10-11-30-14-17-6-4-3-5-7-17)28(15)22-9-8-18(24)12-21(22)23(25,26)27/h3-9,12-13H,10-11,14H2,1-2H3. The summed E-state index contributed by atoms with van der Waals surface area (Å²) in [7, 11) is 0. The minimum Gasteiger partial charge on any atom is -0.376 e. The van der Waals surface area contributed by atoms with Gasteiger partial charge in [0.15, 0.2) is 5.78 Å². The maximum Gasteiger partial charge on any atom is 0.418 e. The average molecular weight is 419 g/mol. The Morgan fingerprint density at radius 3 is 2.40 bits per heavy atom. The quantitative estimate of drug-likeness (QED) is 0.271. The highest BCUT2D eigenvalue weighted by atomic mass is 19.4. The molecule has 3 aromatic rings. The van der Waals surface area contributed by atoms with Gasteiger partial charge in [0.1, 0.15) is 5.82 Å². The van der Waals surface area contributed by atoms with Crippen LogP contribution < -0.4 is 0 Å². The number of alkyl halides is 3. The van der Waals surface area contributed by atoms with Crippen LogP contribution in [0.25, 0.3) is 5.69 Å². The van der Waals surface area contributed by atoms with Crippen LogP contribution in [0.4, 0.5) is 17.6 Å². The molecule has 0 radical (unpaired) electrons. The largest absolute Gasteiger partial charge is 0.418 e. The molecule has 0 saturated heterocycles. The van der Waals surface area contributed by atoms with Crippen LogP contribution in [0.1, 0.15) is 39.8 Å². The van der Waals surface area contributed by atoms with Gasteiger partial charge < -0.3 is 9.30 Å². The SMILES string of the molecule is CC(=O)c1cc(CCOCc2ccccc2)n(-c2ccc(F)cc2C(F)(F)F)c1C. The highest BCUT2D eigenvalue weighted by molar-refractivity contribution is 5.95. The number of carbonyl (C=O) groups excluding carboxylic acids is 1. The lowest BCUT2D eigenvalue weighted by molar-refractivity contribution is -0.137. The fourth-order valence-electron chi connectivity index (χ4n) is 3.42. The van der Waals surface area contributed by atoms with Gasteiger partial charge in [-0.25, -0.2) is 4.39 Å². The number of ketones is 1. The topological polar surface area (TPSA) is 31.2 Å². The molecule has 0 atom stereocenters. The molecule has 0 aliphatic rings. The Bertz CT molecular complexity index is 1040. The molecule has 0 unspecified atom stereocenters. The Kier molecular flexibility index (Phi) is 6.41. The van der Waals surface area contributed by atoms with E-state index in [9.17, 15) is 22.4 Å².